The average Bonchev–Trinajstić information content (AvgIpc) is 3.69. The van der Waals surface area contributed by atoms with Gasteiger partial charge in [-0.15, -0.1) is 0 Å². The Morgan fingerprint density at radius 1 is 0.881 bits per heavy atom. The molecule has 5 heterocycles. The number of likely N-dealkylation sites (tertiary alicyclic amines) is 1. The number of aromatic nitrogens is 6. The number of aromatic amines is 1. The fourth-order valence-electron chi connectivity index (χ4n) is 5.79. The van der Waals surface area contributed by atoms with Crippen molar-refractivity contribution in [3.63, 3.8) is 0 Å². The first-order chi connectivity index (χ1) is 20.6. The molecule has 1 fully saturated rings. The fourth-order valence-corrected chi connectivity index (χ4v) is 5.79. The number of hydrogen-bond acceptors (Lipinski definition) is 6. The van der Waals surface area contributed by atoms with E-state index in [0.29, 0.717) is 23.0 Å². The second-order valence-corrected chi connectivity index (χ2v) is 10.7. The van der Waals surface area contributed by atoms with Crippen LogP contribution in [0.1, 0.15) is 40.5 Å². The van der Waals surface area contributed by atoms with Crippen molar-refractivity contribution in [3.8, 4) is 34.0 Å². The van der Waals surface area contributed by atoms with E-state index in [2.05, 4.69) is 56.5 Å². The smallest absolute Gasteiger partial charge is 0.252 e. The molecule has 2 aromatic carbocycles. The van der Waals surface area contributed by atoms with Gasteiger partial charge in [-0.25, -0.2) is 9.97 Å². The van der Waals surface area contributed by atoms with E-state index in [-0.39, 0.29) is 0 Å². The summed E-state index contributed by atoms with van der Waals surface area (Å²) in [5.74, 6) is 1.47. The molecule has 0 spiro atoms. The van der Waals surface area contributed by atoms with Crippen molar-refractivity contribution in [1.29, 1.82) is 0 Å². The van der Waals surface area contributed by atoms with E-state index in [1.165, 1.54) is 5.56 Å². The number of rotatable bonds is 7. The molecule has 0 bridgehead atoms. The summed E-state index contributed by atoms with van der Waals surface area (Å²) in [5, 5.41) is 7.54. The highest BCUT2D eigenvalue weighted by atomic mass is 16.1. The van der Waals surface area contributed by atoms with Crippen molar-refractivity contribution in [2.75, 3.05) is 13.1 Å². The van der Waals surface area contributed by atoms with Crippen molar-refractivity contribution in [3.05, 3.63) is 114 Å². The van der Waals surface area contributed by atoms with Crippen LogP contribution >= 0.6 is 0 Å². The van der Waals surface area contributed by atoms with Gasteiger partial charge in [0.05, 0.1) is 17.0 Å². The molecule has 0 radical (unpaired) electrons. The molecule has 0 saturated carbocycles. The van der Waals surface area contributed by atoms with Gasteiger partial charge in [0.25, 0.3) is 5.91 Å². The number of fused-ring (bicyclic) bond motifs is 1. The van der Waals surface area contributed by atoms with Crippen molar-refractivity contribution < 1.29 is 4.79 Å². The van der Waals surface area contributed by atoms with Gasteiger partial charge >= 0.3 is 0 Å². The Bertz CT molecular complexity index is 1840. The molecule has 7 rings (SSSR count). The monoisotopic (exact) mass is 554 g/mol. The molecule has 6 aromatic rings. The van der Waals surface area contributed by atoms with E-state index in [0.717, 1.165) is 66.5 Å². The van der Waals surface area contributed by atoms with Crippen LogP contribution in [0.25, 0.3) is 39.7 Å². The molecular formula is C33H30N8O. The van der Waals surface area contributed by atoms with Crippen LogP contribution in [0.3, 0.4) is 0 Å². The summed E-state index contributed by atoms with van der Waals surface area (Å²) >= 11 is 0. The van der Waals surface area contributed by atoms with Crippen molar-refractivity contribution in [1.82, 2.24) is 34.4 Å². The third-order valence-electron chi connectivity index (χ3n) is 7.97. The first kappa shape index (κ1) is 25.8. The van der Waals surface area contributed by atoms with Crippen LogP contribution in [0.4, 0.5) is 0 Å². The van der Waals surface area contributed by atoms with Gasteiger partial charge in [0.1, 0.15) is 11.5 Å². The molecule has 0 unspecified atom stereocenters. The maximum atomic E-state index is 12.2. The van der Waals surface area contributed by atoms with E-state index in [9.17, 15) is 4.79 Å². The number of imidazole rings is 1. The highest BCUT2D eigenvalue weighted by Gasteiger charge is 2.24. The summed E-state index contributed by atoms with van der Waals surface area (Å²) in [4.78, 5) is 28.6. The molecule has 3 N–H and O–H groups in total. The third kappa shape index (κ3) is 4.95. The Hall–Kier alpha value is -5.15. The van der Waals surface area contributed by atoms with Gasteiger partial charge in [-0.3, -0.25) is 24.2 Å². The number of nitrogens with one attached hydrogen (secondary N) is 1. The van der Waals surface area contributed by atoms with Gasteiger partial charge in [-0.05, 0) is 55.8 Å². The van der Waals surface area contributed by atoms with Crippen molar-refractivity contribution in [2.24, 2.45) is 5.73 Å². The number of carbonyl (C=O) groups is 1. The topological polar surface area (TPSA) is 118 Å². The van der Waals surface area contributed by atoms with Crippen LogP contribution in [0.15, 0.2) is 97.3 Å². The second-order valence-electron chi connectivity index (χ2n) is 10.7. The Balaban J connectivity index is 1.07. The number of primary amides is 1. The predicted octanol–water partition coefficient (Wildman–Crippen LogP) is 5.33. The van der Waals surface area contributed by atoms with Crippen molar-refractivity contribution in [2.45, 2.75) is 25.3 Å². The Labute approximate surface area is 243 Å². The van der Waals surface area contributed by atoms with Gasteiger partial charge in [-0.1, -0.05) is 60.7 Å². The molecule has 208 valence electrons. The molecule has 1 amide bonds. The van der Waals surface area contributed by atoms with Gasteiger partial charge < -0.3 is 5.73 Å². The normalized spacial score (nSPS) is 14.4. The van der Waals surface area contributed by atoms with Crippen LogP contribution in [0, 0.1) is 0 Å². The zero-order valence-electron chi connectivity index (χ0n) is 23.0. The summed E-state index contributed by atoms with van der Waals surface area (Å²) in [6.45, 7) is 2.87. The molecule has 1 aliphatic heterocycles. The number of pyridine rings is 2. The first-order valence-electron chi connectivity index (χ1n) is 14.2. The average molecular weight is 555 g/mol. The quantitative estimate of drug-likeness (QED) is 0.276. The van der Waals surface area contributed by atoms with Crippen LogP contribution in [0.5, 0.6) is 0 Å². The predicted molar refractivity (Wildman–Crippen MR) is 161 cm³/mol. The molecule has 9 nitrogen and oxygen atoms in total. The maximum absolute atomic E-state index is 12.2. The van der Waals surface area contributed by atoms with Crippen LogP contribution in [-0.2, 0) is 6.54 Å². The van der Waals surface area contributed by atoms with E-state index >= 15 is 0 Å². The van der Waals surface area contributed by atoms with E-state index in [1.54, 1.807) is 12.3 Å². The lowest BCUT2D eigenvalue weighted by atomic mass is 9.95. The zero-order chi connectivity index (χ0) is 28.5. The SMILES string of the molecule is NC(=O)c1cccn2c(-c3ccccc3)c(-c3ccc(CN4CCC(c5nc(-c6ccccn6)n[nH]5)CC4)cc3)nc12. The molecule has 0 aliphatic carbocycles. The van der Waals surface area contributed by atoms with E-state index < -0.39 is 5.91 Å². The lowest BCUT2D eigenvalue weighted by molar-refractivity contribution is 0.100. The lowest BCUT2D eigenvalue weighted by Gasteiger charge is -2.30. The van der Waals surface area contributed by atoms with Gasteiger partial charge in [0, 0.05) is 36.0 Å². The molecule has 9 heteroatoms. The maximum Gasteiger partial charge on any atom is 0.252 e. The number of carbonyl (C=O) groups excluding carboxylic acids is 1. The standard InChI is InChI=1S/C33H30N8O/c34-30(42)26-9-6-18-41-29(24-7-2-1-3-8-24)28(36-33(26)41)23-13-11-22(12-14-23)21-40-19-15-25(16-20-40)31-37-32(39-38-31)27-10-4-5-17-35-27/h1-14,17-18,25H,15-16,19-21H2,(H2,34,42)(H,37,38,39). The molecule has 4 aromatic heterocycles. The molecule has 0 atom stereocenters. The Morgan fingerprint density at radius 2 is 1.67 bits per heavy atom. The molecule has 1 saturated heterocycles. The second kappa shape index (κ2) is 11.0. The highest BCUT2D eigenvalue weighted by Crippen LogP contribution is 2.34. The first-order valence-corrected chi connectivity index (χ1v) is 14.2. The number of nitrogens with zero attached hydrogens (tertiary/aromatic N) is 6. The van der Waals surface area contributed by atoms with Gasteiger partial charge in [-0.2, -0.15) is 5.10 Å². The van der Waals surface area contributed by atoms with Gasteiger partial charge in [0.15, 0.2) is 11.5 Å². The van der Waals surface area contributed by atoms with E-state index in [4.69, 9.17) is 15.7 Å². The zero-order valence-corrected chi connectivity index (χ0v) is 23.0. The third-order valence-corrected chi connectivity index (χ3v) is 7.97. The molecule has 1 aliphatic rings. The minimum atomic E-state index is -0.493. The summed E-state index contributed by atoms with van der Waals surface area (Å²) in [6, 6.07) is 28.0. The van der Waals surface area contributed by atoms with Crippen molar-refractivity contribution >= 4 is 11.6 Å². The summed E-state index contributed by atoms with van der Waals surface area (Å²) in [5.41, 5.74) is 12.4. The minimum Gasteiger partial charge on any atom is -0.365 e. The minimum absolute atomic E-state index is 0.366. The Kier molecular flexibility index (Phi) is 6.77. The summed E-state index contributed by atoms with van der Waals surface area (Å²) in [6.07, 6.45) is 5.74. The number of H-pyrrole nitrogens is 1. The number of amides is 1. The summed E-state index contributed by atoms with van der Waals surface area (Å²) < 4.78 is 1.96. The van der Waals surface area contributed by atoms with Crippen LogP contribution in [0.2, 0.25) is 0 Å². The highest BCUT2D eigenvalue weighted by molar-refractivity contribution is 6.00. The van der Waals surface area contributed by atoms with E-state index in [1.807, 2.05) is 53.1 Å². The number of hydrogen-bond donors (Lipinski definition) is 2. The number of piperidine rings is 1. The molecule has 42 heavy (non-hydrogen) atoms. The van der Waals surface area contributed by atoms with Crippen LogP contribution in [-0.4, -0.2) is 53.4 Å². The molecular weight excluding hydrogens is 524 g/mol. The number of benzene rings is 2. The lowest BCUT2D eigenvalue weighted by Crippen LogP contribution is -2.32. The number of nitrogens with two attached hydrogens (primary N) is 1. The van der Waals surface area contributed by atoms with Gasteiger partial charge in [0.2, 0.25) is 0 Å². The fraction of sp³-hybridized carbons (Fsp3) is 0.182. The largest absolute Gasteiger partial charge is 0.365 e. The summed E-state index contributed by atoms with van der Waals surface area (Å²) in [7, 11) is 0. The Morgan fingerprint density at radius 3 is 2.40 bits per heavy atom. The van der Waals surface area contributed by atoms with Crippen LogP contribution < -0.4 is 5.73 Å².